The van der Waals surface area contributed by atoms with Crippen LogP contribution >= 0.6 is 0 Å². The Morgan fingerprint density at radius 3 is 1.35 bits per heavy atom. The van der Waals surface area contributed by atoms with Crippen molar-refractivity contribution in [3.63, 3.8) is 0 Å². The monoisotopic (exact) mass is 356 g/mol. The minimum absolute atomic E-state index is 0.397. The molecule has 2 heterocycles. The van der Waals surface area contributed by atoms with Gasteiger partial charge in [-0.25, -0.2) is 0 Å². The van der Waals surface area contributed by atoms with E-state index < -0.39 is 0 Å². The molecule has 0 unspecified atom stereocenters. The summed E-state index contributed by atoms with van der Waals surface area (Å²) in [5.74, 6) is 3.21. The normalized spacial score (nSPS) is 22.9. The summed E-state index contributed by atoms with van der Waals surface area (Å²) in [6.07, 6.45) is 1.95. The van der Waals surface area contributed by atoms with Gasteiger partial charge in [0, 0.05) is 24.0 Å². The van der Waals surface area contributed by atoms with Gasteiger partial charge < -0.3 is 23.8 Å². The van der Waals surface area contributed by atoms with E-state index in [2.05, 4.69) is 31.3 Å². The topological polar surface area (TPSA) is 41.4 Å². The number of rotatable bonds is 4. The maximum absolute atomic E-state index is 5.54. The van der Waals surface area contributed by atoms with Crippen LogP contribution in [0.4, 0.5) is 0 Å². The standard InChI is InChI=1S/C21H25NO4/c1-22-16-6-12-8-18(23-2)20(25-4)10-14(12)17(22)7-13-9-19(24-3)21(26-5)11-15(13)16/h8-11,16-17H,6-7H2,1-5H3/p+1/t16-,17-/m0/s1. The lowest BCUT2D eigenvalue weighted by atomic mass is 9.76. The molecule has 2 aliphatic rings. The fourth-order valence-corrected chi connectivity index (χ4v) is 4.59. The lowest BCUT2D eigenvalue weighted by Crippen LogP contribution is -3.11. The van der Waals surface area contributed by atoms with Crippen LogP contribution in [0, 0.1) is 0 Å². The smallest absolute Gasteiger partial charge is 0.161 e. The quantitative estimate of drug-likeness (QED) is 0.911. The summed E-state index contributed by atoms with van der Waals surface area (Å²) in [7, 11) is 9.06. The lowest BCUT2D eigenvalue weighted by Gasteiger charge is -2.43. The van der Waals surface area contributed by atoms with Crippen LogP contribution in [0.2, 0.25) is 0 Å². The van der Waals surface area contributed by atoms with Crippen molar-refractivity contribution in [3.8, 4) is 23.0 Å². The zero-order valence-electron chi connectivity index (χ0n) is 16.0. The lowest BCUT2D eigenvalue weighted by molar-refractivity contribution is -0.948. The molecular formula is C21H26NO4+. The first-order chi connectivity index (χ1) is 12.6. The van der Waals surface area contributed by atoms with Gasteiger partial charge in [0.2, 0.25) is 0 Å². The van der Waals surface area contributed by atoms with Gasteiger partial charge in [0.1, 0.15) is 12.1 Å². The maximum Gasteiger partial charge on any atom is 0.161 e. The number of fused-ring (bicyclic) bond motifs is 6. The average Bonchev–Trinajstić information content (AvgIpc) is 2.67. The largest absolute Gasteiger partial charge is 0.493 e. The second kappa shape index (κ2) is 6.40. The van der Waals surface area contributed by atoms with E-state index in [0.29, 0.717) is 12.1 Å². The summed E-state index contributed by atoms with van der Waals surface area (Å²) < 4.78 is 22.1. The number of ether oxygens (including phenoxy) is 4. The molecule has 0 saturated heterocycles. The van der Waals surface area contributed by atoms with E-state index in [1.165, 1.54) is 27.2 Å². The van der Waals surface area contributed by atoms with Crippen molar-refractivity contribution in [2.45, 2.75) is 24.9 Å². The summed E-state index contributed by atoms with van der Waals surface area (Å²) in [5.41, 5.74) is 5.42. The third kappa shape index (κ3) is 2.42. The zero-order chi connectivity index (χ0) is 18.4. The Morgan fingerprint density at radius 2 is 1.00 bits per heavy atom. The number of hydrogen-bond donors (Lipinski definition) is 1. The third-order valence-corrected chi connectivity index (χ3v) is 5.99. The van der Waals surface area contributed by atoms with Gasteiger partial charge in [-0.1, -0.05) is 0 Å². The highest BCUT2D eigenvalue weighted by atomic mass is 16.5. The molecule has 2 aromatic carbocycles. The second-order valence-electron chi connectivity index (χ2n) is 7.07. The molecule has 5 nitrogen and oxygen atoms in total. The van der Waals surface area contributed by atoms with Crippen molar-refractivity contribution < 1.29 is 23.8 Å². The van der Waals surface area contributed by atoms with Crippen LogP contribution in [0.5, 0.6) is 23.0 Å². The van der Waals surface area contributed by atoms with Crippen molar-refractivity contribution in [2.24, 2.45) is 0 Å². The molecular weight excluding hydrogens is 330 g/mol. The van der Waals surface area contributed by atoms with Crippen molar-refractivity contribution in [1.82, 2.24) is 0 Å². The Hall–Kier alpha value is -2.40. The van der Waals surface area contributed by atoms with Crippen LogP contribution in [0.25, 0.3) is 0 Å². The van der Waals surface area contributed by atoms with E-state index in [4.69, 9.17) is 18.9 Å². The molecule has 0 fully saturated rings. The highest BCUT2D eigenvalue weighted by Gasteiger charge is 2.43. The first-order valence-corrected chi connectivity index (χ1v) is 8.94. The van der Waals surface area contributed by atoms with Crippen LogP contribution in [-0.2, 0) is 12.8 Å². The molecule has 26 heavy (non-hydrogen) atoms. The molecule has 5 heteroatoms. The van der Waals surface area contributed by atoms with E-state index in [9.17, 15) is 0 Å². The Balaban J connectivity index is 1.84. The van der Waals surface area contributed by atoms with E-state index in [1.807, 2.05) is 0 Å². The number of benzene rings is 2. The molecule has 138 valence electrons. The van der Waals surface area contributed by atoms with Crippen LogP contribution in [-0.4, -0.2) is 35.5 Å². The van der Waals surface area contributed by atoms with Gasteiger partial charge in [-0.15, -0.1) is 0 Å². The summed E-state index contributed by atoms with van der Waals surface area (Å²) in [5, 5.41) is 0. The number of quaternary nitrogens is 1. The Labute approximate surface area is 154 Å². The molecule has 2 bridgehead atoms. The van der Waals surface area contributed by atoms with E-state index in [1.54, 1.807) is 28.4 Å². The van der Waals surface area contributed by atoms with E-state index in [0.717, 1.165) is 35.8 Å². The predicted octanol–water partition coefficient (Wildman–Crippen LogP) is 2.13. The summed E-state index contributed by atoms with van der Waals surface area (Å²) >= 11 is 0. The average molecular weight is 356 g/mol. The van der Waals surface area contributed by atoms with Gasteiger partial charge >= 0.3 is 0 Å². The molecule has 0 aliphatic carbocycles. The van der Waals surface area contributed by atoms with Crippen LogP contribution in [0.1, 0.15) is 34.3 Å². The molecule has 0 radical (unpaired) electrons. The summed E-state index contributed by atoms with van der Waals surface area (Å²) in [6.45, 7) is 0. The third-order valence-electron chi connectivity index (χ3n) is 5.99. The van der Waals surface area contributed by atoms with Crippen LogP contribution in [0.3, 0.4) is 0 Å². The molecule has 2 aliphatic heterocycles. The zero-order valence-corrected chi connectivity index (χ0v) is 16.0. The molecule has 0 aromatic heterocycles. The Bertz CT molecular complexity index is 779. The minimum atomic E-state index is 0.397. The Morgan fingerprint density at radius 1 is 0.654 bits per heavy atom. The Kier molecular flexibility index (Phi) is 4.19. The van der Waals surface area contributed by atoms with Gasteiger partial charge in [0.25, 0.3) is 0 Å². The first-order valence-electron chi connectivity index (χ1n) is 8.94. The molecule has 4 rings (SSSR count). The highest BCUT2D eigenvalue weighted by Crippen LogP contribution is 2.43. The van der Waals surface area contributed by atoms with Gasteiger partial charge in [0.15, 0.2) is 23.0 Å². The van der Waals surface area contributed by atoms with Gasteiger partial charge in [-0.3, -0.25) is 0 Å². The van der Waals surface area contributed by atoms with E-state index in [-0.39, 0.29) is 0 Å². The molecule has 0 amide bonds. The van der Waals surface area contributed by atoms with Gasteiger partial charge in [0.05, 0.1) is 35.5 Å². The van der Waals surface area contributed by atoms with Crippen molar-refractivity contribution in [2.75, 3.05) is 35.5 Å². The van der Waals surface area contributed by atoms with Crippen LogP contribution in [0.15, 0.2) is 24.3 Å². The summed E-state index contributed by atoms with van der Waals surface area (Å²) in [4.78, 5) is 1.52. The number of nitrogens with one attached hydrogen (secondary N) is 1. The number of methoxy groups -OCH3 is 4. The number of likely N-dealkylation sites (N-methyl/N-ethyl adjacent to an activating group) is 1. The van der Waals surface area contributed by atoms with Gasteiger partial charge in [-0.05, 0) is 35.4 Å². The van der Waals surface area contributed by atoms with Crippen molar-refractivity contribution >= 4 is 0 Å². The first kappa shape index (κ1) is 17.0. The van der Waals surface area contributed by atoms with E-state index >= 15 is 0 Å². The fourth-order valence-electron chi connectivity index (χ4n) is 4.59. The minimum Gasteiger partial charge on any atom is -0.493 e. The number of hydrogen-bond acceptors (Lipinski definition) is 4. The predicted molar refractivity (Wildman–Crippen MR) is 98.9 cm³/mol. The van der Waals surface area contributed by atoms with Gasteiger partial charge in [-0.2, -0.15) is 0 Å². The maximum atomic E-state index is 5.54. The van der Waals surface area contributed by atoms with Crippen molar-refractivity contribution in [3.05, 3.63) is 46.5 Å². The molecule has 2 atom stereocenters. The SMILES string of the molecule is COc1cc2c(cc1OC)[C@@H]1Cc3cc(OC)c(OC)cc3[C@H](C2)[NH+]1C. The molecule has 1 N–H and O–H groups in total. The summed E-state index contributed by atoms with van der Waals surface area (Å²) in [6, 6.07) is 9.40. The molecule has 0 saturated carbocycles. The van der Waals surface area contributed by atoms with Crippen molar-refractivity contribution in [1.29, 1.82) is 0 Å². The molecule has 0 spiro atoms. The molecule has 2 aromatic rings. The van der Waals surface area contributed by atoms with Crippen LogP contribution < -0.4 is 23.8 Å². The highest BCUT2D eigenvalue weighted by molar-refractivity contribution is 5.54. The fraction of sp³-hybridized carbons (Fsp3) is 0.429. The second-order valence-corrected chi connectivity index (χ2v) is 7.07.